The van der Waals surface area contributed by atoms with Gasteiger partial charge in [-0.2, -0.15) is 0 Å². The summed E-state index contributed by atoms with van der Waals surface area (Å²) in [6.07, 6.45) is 0.291. The van der Waals surface area contributed by atoms with Crippen LogP contribution >= 0.6 is 11.3 Å². The summed E-state index contributed by atoms with van der Waals surface area (Å²) in [5.74, 6) is 0.716. The lowest BCUT2D eigenvalue weighted by Gasteiger charge is -2.35. The number of nitrogens with zero attached hydrogens (tertiary/aromatic N) is 3. The van der Waals surface area contributed by atoms with Gasteiger partial charge in [0.1, 0.15) is 18.5 Å². The number of fused-ring (bicyclic) bond motifs is 4. The minimum atomic E-state index is -0.611. The summed E-state index contributed by atoms with van der Waals surface area (Å²) in [4.78, 5) is 21.6. The van der Waals surface area contributed by atoms with Crippen molar-refractivity contribution < 1.29 is 14.6 Å². The molecule has 0 spiro atoms. The van der Waals surface area contributed by atoms with E-state index >= 15 is 0 Å². The summed E-state index contributed by atoms with van der Waals surface area (Å²) >= 11 is 1.66. The van der Waals surface area contributed by atoms with Crippen molar-refractivity contribution in [3.8, 4) is 16.9 Å². The van der Waals surface area contributed by atoms with Crippen LogP contribution in [0.5, 0.6) is 5.75 Å². The fourth-order valence-corrected chi connectivity index (χ4v) is 6.08. The number of benzene rings is 3. The summed E-state index contributed by atoms with van der Waals surface area (Å²) in [5.41, 5.74) is 6.69. The maximum absolute atomic E-state index is 13.1. The van der Waals surface area contributed by atoms with E-state index < -0.39 is 6.10 Å². The smallest absolute Gasteiger partial charge is 0.321 e. The SMILES string of the molecule is Cc1nc2cc(OC[C@H](O)CN3CCN(C(=O)Nc4cccc5c4-c4ccccc4C5)CC3)ccc2s1. The number of aryl methyl sites for hydroxylation is 1. The number of hydrogen-bond acceptors (Lipinski definition) is 6. The van der Waals surface area contributed by atoms with E-state index in [2.05, 4.69) is 39.5 Å². The molecule has 1 aliphatic heterocycles. The highest BCUT2D eigenvalue weighted by molar-refractivity contribution is 7.18. The fourth-order valence-electron chi connectivity index (χ4n) is 5.28. The molecule has 1 atom stereocenters. The van der Waals surface area contributed by atoms with E-state index in [4.69, 9.17) is 4.74 Å². The minimum absolute atomic E-state index is 0.0750. The third-order valence-electron chi connectivity index (χ3n) is 7.10. The molecule has 0 saturated carbocycles. The molecule has 0 radical (unpaired) electrons. The molecule has 190 valence electrons. The number of rotatable bonds is 6. The Morgan fingerprint density at radius 2 is 1.89 bits per heavy atom. The van der Waals surface area contributed by atoms with Gasteiger partial charge < -0.3 is 20.1 Å². The Morgan fingerprint density at radius 1 is 1.08 bits per heavy atom. The number of aliphatic hydroxyl groups is 1. The molecule has 2 heterocycles. The van der Waals surface area contributed by atoms with Crippen LogP contribution in [0.25, 0.3) is 21.3 Å². The molecule has 2 amide bonds. The first-order valence-electron chi connectivity index (χ1n) is 12.7. The van der Waals surface area contributed by atoms with Gasteiger partial charge in [-0.3, -0.25) is 4.90 Å². The molecule has 3 aromatic carbocycles. The van der Waals surface area contributed by atoms with Gasteiger partial charge >= 0.3 is 6.03 Å². The van der Waals surface area contributed by atoms with Gasteiger partial charge in [0, 0.05) is 44.4 Å². The normalized spacial score (nSPS) is 15.9. The molecule has 8 heteroatoms. The summed E-state index contributed by atoms with van der Waals surface area (Å²) in [6, 6.07) is 20.3. The topological polar surface area (TPSA) is 77.9 Å². The summed E-state index contributed by atoms with van der Waals surface area (Å²) < 4.78 is 6.96. The number of urea groups is 1. The number of carbonyl (C=O) groups is 1. The molecule has 1 aromatic heterocycles. The average molecular weight is 515 g/mol. The first-order valence-corrected chi connectivity index (χ1v) is 13.5. The van der Waals surface area contributed by atoms with Gasteiger partial charge in [-0.25, -0.2) is 9.78 Å². The fraction of sp³-hybridized carbons (Fsp3) is 0.310. The lowest BCUT2D eigenvalue weighted by Crippen LogP contribution is -2.52. The molecule has 7 nitrogen and oxygen atoms in total. The second-order valence-corrected chi connectivity index (χ2v) is 11.0. The van der Waals surface area contributed by atoms with Gasteiger partial charge in [0.15, 0.2) is 0 Å². The van der Waals surface area contributed by atoms with Crippen molar-refractivity contribution in [2.45, 2.75) is 19.4 Å². The number of thiazole rings is 1. The Bertz CT molecular complexity index is 1440. The van der Waals surface area contributed by atoms with Crippen molar-refractivity contribution in [3.63, 3.8) is 0 Å². The van der Waals surface area contributed by atoms with Crippen molar-refractivity contribution in [2.75, 3.05) is 44.6 Å². The number of aromatic nitrogens is 1. The Kier molecular flexibility index (Phi) is 6.54. The van der Waals surface area contributed by atoms with Crippen LogP contribution in [0.3, 0.4) is 0 Å². The molecule has 1 aliphatic carbocycles. The first kappa shape index (κ1) is 23.9. The molecule has 2 N–H and O–H groups in total. The van der Waals surface area contributed by atoms with Crippen molar-refractivity contribution in [1.82, 2.24) is 14.8 Å². The van der Waals surface area contributed by atoms with Crippen molar-refractivity contribution in [1.29, 1.82) is 0 Å². The van der Waals surface area contributed by atoms with E-state index in [9.17, 15) is 9.90 Å². The molecule has 1 fully saturated rings. The summed E-state index contributed by atoms with van der Waals surface area (Å²) in [6.45, 7) is 5.38. The van der Waals surface area contributed by atoms with Crippen LogP contribution in [-0.2, 0) is 6.42 Å². The second-order valence-electron chi connectivity index (χ2n) is 9.72. The molecule has 0 bridgehead atoms. The van der Waals surface area contributed by atoms with E-state index in [1.807, 2.05) is 48.2 Å². The zero-order valence-corrected chi connectivity index (χ0v) is 21.6. The number of β-amino-alcohol motifs (C(OH)–C–C–N with tert-alkyl or cyclic N) is 1. The molecule has 4 aromatic rings. The van der Waals surface area contributed by atoms with Crippen LogP contribution in [0.2, 0.25) is 0 Å². The zero-order valence-electron chi connectivity index (χ0n) is 20.8. The summed E-state index contributed by atoms with van der Waals surface area (Å²) in [7, 11) is 0. The van der Waals surface area contributed by atoms with Gasteiger partial charge in [-0.15, -0.1) is 11.3 Å². The molecular weight excluding hydrogens is 484 g/mol. The highest BCUT2D eigenvalue weighted by Gasteiger charge is 2.26. The minimum Gasteiger partial charge on any atom is -0.491 e. The third-order valence-corrected chi connectivity index (χ3v) is 8.05. The Labute approximate surface area is 220 Å². The maximum atomic E-state index is 13.1. The van der Waals surface area contributed by atoms with Crippen molar-refractivity contribution in [3.05, 3.63) is 76.8 Å². The molecule has 2 aliphatic rings. The van der Waals surface area contributed by atoms with Crippen LogP contribution in [0.4, 0.5) is 10.5 Å². The lowest BCUT2D eigenvalue weighted by atomic mass is 10.0. The quantitative estimate of drug-likeness (QED) is 0.342. The van der Waals surface area contributed by atoms with E-state index in [0.29, 0.717) is 38.5 Å². The zero-order chi connectivity index (χ0) is 25.4. The Morgan fingerprint density at radius 3 is 2.76 bits per heavy atom. The standard InChI is InChI=1S/C29H30N4O3S/c1-19-30-26-16-23(9-10-27(26)37-19)36-18-22(34)17-32-11-13-33(14-12-32)29(35)31-25-8-4-6-21-15-20-5-2-3-7-24(20)28(21)25/h2-10,16,22,34H,11-15,17-18H2,1H3,(H,31,35)/t22-/m1/s1. The number of hydrogen-bond donors (Lipinski definition) is 2. The van der Waals surface area contributed by atoms with Gasteiger partial charge in [-0.05, 0) is 48.2 Å². The second kappa shape index (κ2) is 10.1. The summed E-state index contributed by atoms with van der Waals surface area (Å²) in [5, 5.41) is 14.7. The molecular formula is C29H30N4O3S. The monoisotopic (exact) mass is 514 g/mol. The first-order chi connectivity index (χ1) is 18.0. The number of carbonyl (C=O) groups excluding carboxylic acids is 1. The van der Waals surface area contributed by atoms with Crippen LogP contribution in [0.15, 0.2) is 60.7 Å². The van der Waals surface area contributed by atoms with Gasteiger partial charge in [-0.1, -0.05) is 36.4 Å². The van der Waals surface area contributed by atoms with E-state index in [0.717, 1.165) is 32.9 Å². The van der Waals surface area contributed by atoms with Crippen LogP contribution in [-0.4, -0.2) is 71.4 Å². The van der Waals surface area contributed by atoms with Gasteiger partial charge in [0.25, 0.3) is 0 Å². The van der Waals surface area contributed by atoms with Crippen LogP contribution < -0.4 is 10.1 Å². The molecule has 6 rings (SSSR count). The highest BCUT2D eigenvalue weighted by Crippen LogP contribution is 2.41. The number of anilines is 1. The van der Waals surface area contributed by atoms with Crippen molar-refractivity contribution in [2.24, 2.45) is 0 Å². The Hall–Kier alpha value is -3.46. The van der Waals surface area contributed by atoms with Gasteiger partial charge in [0.2, 0.25) is 0 Å². The number of amides is 2. The average Bonchev–Trinajstić information content (AvgIpc) is 3.47. The molecule has 0 unspecified atom stereocenters. The van der Waals surface area contributed by atoms with E-state index in [-0.39, 0.29) is 12.6 Å². The largest absolute Gasteiger partial charge is 0.491 e. The van der Waals surface area contributed by atoms with Crippen LogP contribution in [0.1, 0.15) is 16.1 Å². The highest BCUT2D eigenvalue weighted by atomic mass is 32.1. The third kappa shape index (κ3) is 5.05. The number of ether oxygens (including phenoxy) is 1. The number of piperazine rings is 1. The maximum Gasteiger partial charge on any atom is 0.321 e. The van der Waals surface area contributed by atoms with Crippen LogP contribution in [0, 0.1) is 6.92 Å². The van der Waals surface area contributed by atoms with E-state index in [1.165, 1.54) is 16.7 Å². The molecule has 1 saturated heterocycles. The molecule has 37 heavy (non-hydrogen) atoms. The number of nitrogens with one attached hydrogen (secondary N) is 1. The van der Waals surface area contributed by atoms with Crippen molar-refractivity contribution >= 4 is 33.3 Å². The number of aliphatic hydroxyl groups excluding tert-OH is 1. The van der Waals surface area contributed by atoms with Gasteiger partial charge in [0.05, 0.1) is 20.9 Å². The Balaban J connectivity index is 0.997. The predicted octanol–water partition coefficient (Wildman–Crippen LogP) is 4.77. The predicted molar refractivity (Wildman–Crippen MR) is 148 cm³/mol. The van der Waals surface area contributed by atoms with E-state index in [1.54, 1.807) is 11.3 Å². The lowest BCUT2D eigenvalue weighted by molar-refractivity contribution is 0.0526.